The molecule has 12 heteroatoms. The van der Waals surface area contributed by atoms with Gasteiger partial charge in [-0.15, -0.1) is 11.3 Å². The summed E-state index contributed by atoms with van der Waals surface area (Å²) in [6.07, 6.45) is 5.53. The SMILES string of the molecule is CCCCCCOC(=O)/C(C#N)=C(\C)c1sc(C=Nc2ccc(N(CCC(=O)OC)CCC(=O)OC)cc2O)cc1Cl. The zero-order chi connectivity index (χ0) is 31.1. The summed E-state index contributed by atoms with van der Waals surface area (Å²) in [5.74, 6) is -1.59. The van der Waals surface area contributed by atoms with Crippen molar-refractivity contribution in [2.75, 3.05) is 38.8 Å². The van der Waals surface area contributed by atoms with Gasteiger partial charge >= 0.3 is 17.9 Å². The summed E-state index contributed by atoms with van der Waals surface area (Å²) in [5.41, 5.74) is 1.18. The second-order valence-electron chi connectivity index (χ2n) is 9.20. The van der Waals surface area contributed by atoms with Gasteiger partial charge in [0.25, 0.3) is 0 Å². The summed E-state index contributed by atoms with van der Waals surface area (Å²) in [6.45, 7) is 4.53. The first kappa shape index (κ1) is 34.3. The van der Waals surface area contributed by atoms with Crippen molar-refractivity contribution < 1.29 is 33.7 Å². The van der Waals surface area contributed by atoms with Crippen LogP contribution in [0.15, 0.2) is 34.8 Å². The van der Waals surface area contributed by atoms with Crippen LogP contribution in [0, 0.1) is 11.3 Å². The molecule has 0 saturated heterocycles. The van der Waals surface area contributed by atoms with E-state index in [0.29, 0.717) is 26.0 Å². The molecule has 10 nitrogen and oxygen atoms in total. The number of phenols is 1. The highest BCUT2D eigenvalue weighted by atomic mass is 35.5. The molecule has 1 aromatic carbocycles. The maximum atomic E-state index is 12.5. The van der Waals surface area contributed by atoms with Gasteiger partial charge in [-0.2, -0.15) is 5.26 Å². The summed E-state index contributed by atoms with van der Waals surface area (Å²) in [4.78, 5) is 43.1. The monoisotopic (exact) mass is 617 g/mol. The van der Waals surface area contributed by atoms with E-state index in [1.54, 1.807) is 30.0 Å². The van der Waals surface area contributed by atoms with Crippen molar-refractivity contribution in [2.45, 2.75) is 52.4 Å². The Morgan fingerprint density at radius 1 is 1.10 bits per heavy atom. The number of nitriles is 1. The number of carbonyl (C=O) groups excluding carboxylic acids is 3. The maximum absolute atomic E-state index is 12.5. The van der Waals surface area contributed by atoms with Gasteiger partial charge in [-0.3, -0.25) is 14.6 Å². The molecule has 0 atom stereocenters. The molecule has 0 radical (unpaired) electrons. The third kappa shape index (κ3) is 10.5. The van der Waals surface area contributed by atoms with E-state index in [2.05, 4.69) is 11.9 Å². The van der Waals surface area contributed by atoms with E-state index < -0.39 is 17.9 Å². The molecule has 2 aromatic rings. The minimum Gasteiger partial charge on any atom is -0.506 e. The average molecular weight is 618 g/mol. The third-order valence-electron chi connectivity index (χ3n) is 6.25. The first-order valence-corrected chi connectivity index (χ1v) is 14.7. The summed E-state index contributed by atoms with van der Waals surface area (Å²) >= 11 is 7.68. The fourth-order valence-corrected chi connectivity index (χ4v) is 5.21. The Kier molecular flexibility index (Phi) is 14.6. The minimum absolute atomic E-state index is 0.0951. The molecule has 0 saturated carbocycles. The number of hydrogen-bond acceptors (Lipinski definition) is 11. The Balaban J connectivity index is 2.20. The molecule has 0 spiro atoms. The van der Waals surface area contributed by atoms with Crippen molar-refractivity contribution in [1.29, 1.82) is 5.26 Å². The minimum atomic E-state index is -0.677. The molecular weight excluding hydrogens is 582 g/mol. The number of ether oxygens (including phenoxy) is 3. The maximum Gasteiger partial charge on any atom is 0.349 e. The van der Waals surface area contributed by atoms with E-state index >= 15 is 0 Å². The van der Waals surface area contributed by atoms with Crippen molar-refractivity contribution in [3.05, 3.63) is 44.6 Å². The second kappa shape index (κ2) is 17.8. The zero-order valence-corrected chi connectivity index (χ0v) is 25.8. The Morgan fingerprint density at radius 2 is 1.76 bits per heavy atom. The number of phenolic OH excluding ortho intramolecular Hbond substituents is 1. The number of anilines is 1. The largest absolute Gasteiger partial charge is 0.506 e. The van der Waals surface area contributed by atoms with Crippen molar-refractivity contribution in [3.8, 4) is 11.8 Å². The molecule has 226 valence electrons. The molecule has 1 aromatic heterocycles. The fraction of sp³-hybridized carbons (Fsp3) is 0.433. The number of halogens is 1. The Labute approximate surface area is 255 Å². The van der Waals surface area contributed by atoms with Crippen LogP contribution in [0.1, 0.15) is 62.1 Å². The van der Waals surface area contributed by atoms with Gasteiger partial charge in [-0.25, -0.2) is 4.79 Å². The first-order valence-electron chi connectivity index (χ1n) is 13.5. The topological polar surface area (TPSA) is 139 Å². The molecule has 0 aliphatic rings. The Morgan fingerprint density at radius 3 is 2.33 bits per heavy atom. The molecule has 2 rings (SSSR count). The highest BCUT2D eigenvalue weighted by molar-refractivity contribution is 7.15. The number of aliphatic imine (C=N–C) groups is 1. The summed E-state index contributed by atoms with van der Waals surface area (Å²) < 4.78 is 14.7. The molecule has 1 heterocycles. The van der Waals surface area contributed by atoms with Gasteiger partial charge in [0, 0.05) is 35.9 Å². The number of rotatable bonds is 16. The molecule has 42 heavy (non-hydrogen) atoms. The van der Waals surface area contributed by atoms with Crippen LogP contribution in [0.25, 0.3) is 5.57 Å². The number of allylic oxidation sites excluding steroid dienone is 1. The van der Waals surface area contributed by atoms with Gasteiger partial charge in [0.15, 0.2) is 0 Å². The van der Waals surface area contributed by atoms with Crippen LogP contribution in [-0.2, 0) is 28.6 Å². The highest BCUT2D eigenvalue weighted by Crippen LogP contribution is 2.35. The third-order valence-corrected chi connectivity index (χ3v) is 7.85. The van der Waals surface area contributed by atoms with Crippen LogP contribution in [0.3, 0.4) is 0 Å². The number of carbonyl (C=O) groups is 3. The van der Waals surface area contributed by atoms with E-state index in [-0.39, 0.29) is 49.5 Å². The molecule has 1 N–H and O–H groups in total. The van der Waals surface area contributed by atoms with Gasteiger partial charge in [0.2, 0.25) is 0 Å². The van der Waals surface area contributed by atoms with Crippen LogP contribution >= 0.6 is 22.9 Å². The van der Waals surface area contributed by atoms with E-state index in [1.165, 1.54) is 37.8 Å². The molecule has 0 aliphatic carbocycles. The van der Waals surface area contributed by atoms with E-state index in [4.69, 9.17) is 25.8 Å². The summed E-state index contributed by atoms with van der Waals surface area (Å²) in [6, 6.07) is 8.41. The number of hydrogen-bond donors (Lipinski definition) is 1. The van der Waals surface area contributed by atoms with Crippen LogP contribution in [-0.4, -0.2) is 63.1 Å². The smallest absolute Gasteiger partial charge is 0.349 e. The predicted molar refractivity (Wildman–Crippen MR) is 163 cm³/mol. The van der Waals surface area contributed by atoms with Crippen molar-refractivity contribution in [3.63, 3.8) is 0 Å². The number of benzene rings is 1. The van der Waals surface area contributed by atoms with Gasteiger partial charge in [-0.05, 0) is 37.1 Å². The lowest BCUT2D eigenvalue weighted by atomic mass is 10.1. The van der Waals surface area contributed by atoms with E-state index in [9.17, 15) is 24.8 Å². The number of methoxy groups -OCH3 is 2. The van der Waals surface area contributed by atoms with Gasteiger partial charge in [0.05, 0.1) is 43.6 Å². The summed E-state index contributed by atoms with van der Waals surface area (Å²) in [7, 11) is 2.60. The van der Waals surface area contributed by atoms with Crippen LogP contribution in [0.4, 0.5) is 11.4 Å². The molecule has 0 bridgehead atoms. The number of nitrogens with zero attached hydrogens (tertiary/aromatic N) is 3. The quantitative estimate of drug-likeness (QED) is 0.0581. The molecule has 0 aliphatic heterocycles. The van der Waals surface area contributed by atoms with Crippen LogP contribution in [0.5, 0.6) is 5.75 Å². The van der Waals surface area contributed by atoms with Gasteiger partial charge in [0.1, 0.15) is 23.1 Å². The molecular formula is C30H36ClN3O7S. The lowest BCUT2D eigenvalue weighted by molar-refractivity contribution is -0.140. The number of thiophene rings is 1. The summed E-state index contributed by atoms with van der Waals surface area (Å²) in [5, 5.41) is 20.6. The standard InChI is InChI=1S/C30H36ClN3O7S/c1-5-6-7-8-15-41-30(38)23(18-32)20(2)29-24(31)17-22(42-29)19-33-25-10-9-21(16-26(25)35)34(13-11-27(36)39-3)14-12-28(37)40-4/h9-10,16-17,19,35H,5-8,11-15H2,1-4H3/b23-20+,33-19?. The highest BCUT2D eigenvalue weighted by Gasteiger charge is 2.19. The fourth-order valence-electron chi connectivity index (χ4n) is 3.85. The van der Waals surface area contributed by atoms with Crippen molar-refractivity contribution in [1.82, 2.24) is 0 Å². The zero-order valence-electron chi connectivity index (χ0n) is 24.3. The van der Waals surface area contributed by atoms with Crippen LogP contribution < -0.4 is 4.90 Å². The predicted octanol–water partition coefficient (Wildman–Crippen LogP) is 6.21. The number of esters is 3. The van der Waals surface area contributed by atoms with Gasteiger partial charge in [-0.1, -0.05) is 37.8 Å². The average Bonchev–Trinajstić information content (AvgIpc) is 3.36. The molecule has 0 fully saturated rings. The van der Waals surface area contributed by atoms with Gasteiger partial charge < -0.3 is 24.2 Å². The van der Waals surface area contributed by atoms with Crippen molar-refractivity contribution in [2.24, 2.45) is 4.99 Å². The number of unbranched alkanes of at least 4 members (excludes halogenated alkanes) is 3. The van der Waals surface area contributed by atoms with E-state index in [1.807, 2.05) is 6.07 Å². The van der Waals surface area contributed by atoms with Crippen molar-refractivity contribution >= 4 is 64.0 Å². The Hall–Kier alpha value is -3.88. The Bertz CT molecular complexity index is 1330. The lowest BCUT2D eigenvalue weighted by Gasteiger charge is -2.24. The normalized spacial score (nSPS) is 11.5. The van der Waals surface area contributed by atoms with Crippen LogP contribution in [0.2, 0.25) is 5.02 Å². The number of aromatic hydroxyl groups is 1. The lowest BCUT2D eigenvalue weighted by Crippen LogP contribution is -2.29. The van der Waals surface area contributed by atoms with E-state index in [0.717, 1.165) is 25.7 Å². The second-order valence-corrected chi connectivity index (χ2v) is 10.7. The molecule has 0 unspecified atom stereocenters. The molecule has 0 amide bonds. The first-order chi connectivity index (χ1) is 20.1.